The molecule has 3 nitrogen and oxygen atoms in total. The molecule has 0 bridgehead atoms. The largest absolute Gasteiger partial charge is 0.465 e. The highest BCUT2D eigenvalue weighted by Gasteiger charge is 2.10. The van der Waals surface area contributed by atoms with Crippen LogP contribution in [0.4, 0.5) is 10.1 Å². The molecule has 0 aliphatic carbocycles. The number of benzene rings is 1. The van der Waals surface area contributed by atoms with Crippen molar-refractivity contribution in [3.8, 4) is 0 Å². The number of hydrogen-bond donors (Lipinski definition) is 1. The maximum absolute atomic E-state index is 13.7. The number of ether oxygens (including phenoxy) is 1. The van der Waals surface area contributed by atoms with Crippen molar-refractivity contribution >= 4 is 23.0 Å². The number of hydrogen-bond acceptors (Lipinski definition) is 4. The van der Waals surface area contributed by atoms with Gasteiger partial charge in [0.1, 0.15) is 5.82 Å². The van der Waals surface area contributed by atoms with E-state index in [1.165, 1.54) is 30.9 Å². The third-order valence-corrected chi connectivity index (χ3v) is 3.82. The average molecular weight is 279 g/mol. The fourth-order valence-electron chi connectivity index (χ4n) is 1.67. The average Bonchev–Trinajstić information content (AvgIpc) is 2.82. The molecule has 5 heteroatoms. The molecule has 2 aromatic rings. The first-order chi connectivity index (χ1) is 9.11. The molecular formula is C14H14FNO2S. The van der Waals surface area contributed by atoms with E-state index in [0.29, 0.717) is 17.8 Å². The van der Waals surface area contributed by atoms with Crippen molar-refractivity contribution in [2.45, 2.75) is 13.5 Å². The van der Waals surface area contributed by atoms with Gasteiger partial charge >= 0.3 is 5.97 Å². The van der Waals surface area contributed by atoms with Crippen molar-refractivity contribution in [1.82, 2.24) is 0 Å². The zero-order valence-electron chi connectivity index (χ0n) is 10.7. The summed E-state index contributed by atoms with van der Waals surface area (Å²) in [6.45, 7) is 2.54. The van der Waals surface area contributed by atoms with Gasteiger partial charge in [-0.3, -0.25) is 0 Å². The summed E-state index contributed by atoms with van der Waals surface area (Å²) < 4.78 is 18.3. The van der Waals surface area contributed by atoms with Crippen molar-refractivity contribution < 1.29 is 13.9 Å². The Morgan fingerprint density at radius 3 is 2.84 bits per heavy atom. The number of anilines is 1. The van der Waals surface area contributed by atoms with Gasteiger partial charge in [0.25, 0.3) is 0 Å². The topological polar surface area (TPSA) is 38.3 Å². The van der Waals surface area contributed by atoms with Gasteiger partial charge < -0.3 is 10.1 Å². The number of methoxy groups -OCH3 is 1. The van der Waals surface area contributed by atoms with E-state index in [-0.39, 0.29) is 5.82 Å². The van der Waals surface area contributed by atoms with Gasteiger partial charge in [-0.2, -0.15) is 0 Å². The second kappa shape index (κ2) is 5.84. The van der Waals surface area contributed by atoms with Crippen LogP contribution in [0.15, 0.2) is 29.6 Å². The molecule has 2 rings (SSSR count). The van der Waals surface area contributed by atoms with E-state index in [2.05, 4.69) is 10.1 Å². The second-order valence-electron chi connectivity index (χ2n) is 4.07. The Kier molecular flexibility index (Phi) is 4.16. The smallest absolute Gasteiger partial charge is 0.337 e. The molecule has 0 saturated carbocycles. The molecule has 0 atom stereocenters. The monoisotopic (exact) mass is 279 g/mol. The minimum Gasteiger partial charge on any atom is -0.465 e. The first-order valence-electron chi connectivity index (χ1n) is 5.76. The summed E-state index contributed by atoms with van der Waals surface area (Å²) in [4.78, 5) is 12.5. The Morgan fingerprint density at radius 2 is 2.21 bits per heavy atom. The van der Waals surface area contributed by atoms with Crippen LogP contribution in [0.2, 0.25) is 0 Å². The van der Waals surface area contributed by atoms with Crippen LogP contribution in [0, 0.1) is 12.7 Å². The third kappa shape index (κ3) is 3.12. The lowest BCUT2D eigenvalue weighted by molar-refractivity contribution is 0.0600. The van der Waals surface area contributed by atoms with Crippen LogP contribution >= 0.6 is 11.3 Å². The third-order valence-electron chi connectivity index (χ3n) is 2.80. The van der Waals surface area contributed by atoms with Gasteiger partial charge in [0.05, 0.1) is 18.4 Å². The summed E-state index contributed by atoms with van der Waals surface area (Å²) in [6.07, 6.45) is 0. The van der Waals surface area contributed by atoms with E-state index in [1.807, 2.05) is 18.4 Å². The molecule has 0 saturated heterocycles. The molecule has 0 aliphatic heterocycles. The number of rotatable bonds is 4. The molecule has 0 radical (unpaired) electrons. The lowest BCUT2D eigenvalue weighted by atomic mass is 10.2. The standard InChI is InChI=1S/C14H14FNO2S/c1-9-5-6-19-13(9)8-16-12-7-10(14(17)18-2)3-4-11(12)15/h3-7,16H,8H2,1-2H3. The maximum atomic E-state index is 13.7. The van der Waals surface area contributed by atoms with E-state index in [1.54, 1.807) is 11.3 Å². The molecule has 1 aromatic heterocycles. The van der Waals surface area contributed by atoms with Gasteiger partial charge in [-0.15, -0.1) is 11.3 Å². The SMILES string of the molecule is COC(=O)c1ccc(F)c(NCc2sccc2C)c1. The van der Waals surface area contributed by atoms with Crippen LogP contribution in [0.1, 0.15) is 20.8 Å². The summed E-state index contributed by atoms with van der Waals surface area (Å²) in [6, 6.07) is 6.14. The van der Waals surface area contributed by atoms with Gasteiger partial charge in [-0.05, 0) is 42.1 Å². The van der Waals surface area contributed by atoms with Crippen LogP contribution in [0.3, 0.4) is 0 Å². The van der Waals surface area contributed by atoms with E-state index >= 15 is 0 Å². The van der Waals surface area contributed by atoms with Crippen molar-refractivity contribution in [3.05, 3.63) is 51.5 Å². The molecule has 0 aliphatic rings. The summed E-state index contributed by atoms with van der Waals surface area (Å²) in [7, 11) is 1.30. The lowest BCUT2D eigenvalue weighted by Gasteiger charge is -2.08. The maximum Gasteiger partial charge on any atom is 0.337 e. The Morgan fingerprint density at radius 1 is 1.42 bits per heavy atom. The molecule has 0 fully saturated rings. The number of nitrogens with one attached hydrogen (secondary N) is 1. The number of esters is 1. The van der Waals surface area contributed by atoms with Crippen LogP contribution in [0.25, 0.3) is 0 Å². The molecule has 1 N–H and O–H groups in total. The van der Waals surface area contributed by atoms with Crippen LogP contribution in [0.5, 0.6) is 0 Å². The minimum atomic E-state index is -0.477. The van der Waals surface area contributed by atoms with E-state index in [4.69, 9.17) is 0 Å². The van der Waals surface area contributed by atoms with Gasteiger partial charge in [0, 0.05) is 11.4 Å². The number of carbonyl (C=O) groups excluding carboxylic acids is 1. The summed E-state index contributed by atoms with van der Waals surface area (Å²) >= 11 is 1.61. The fourth-order valence-corrected chi connectivity index (χ4v) is 2.51. The van der Waals surface area contributed by atoms with E-state index < -0.39 is 5.97 Å². The van der Waals surface area contributed by atoms with Gasteiger partial charge in [-0.25, -0.2) is 9.18 Å². The Bertz CT molecular complexity index is 595. The van der Waals surface area contributed by atoms with Crippen molar-refractivity contribution in [2.24, 2.45) is 0 Å². The predicted molar refractivity (Wildman–Crippen MR) is 74.1 cm³/mol. The second-order valence-corrected chi connectivity index (χ2v) is 5.07. The summed E-state index contributed by atoms with van der Waals surface area (Å²) in [5.74, 6) is -0.864. The zero-order valence-corrected chi connectivity index (χ0v) is 11.5. The molecule has 0 unspecified atom stereocenters. The molecular weight excluding hydrogens is 265 g/mol. The number of halogens is 1. The van der Waals surface area contributed by atoms with Gasteiger partial charge in [0.2, 0.25) is 0 Å². The van der Waals surface area contributed by atoms with Crippen molar-refractivity contribution in [3.63, 3.8) is 0 Å². The number of carbonyl (C=O) groups is 1. The highest BCUT2D eigenvalue weighted by atomic mass is 32.1. The molecule has 1 heterocycles. The summed E-state index contributed by atoms with van der Waals surface area (Å²) in [5, 5.41) is 5.00. The van der Waals surface area contributed by atoms with E-state index in [9.17, 15) is 9.18 Å². The van der Waals surface area contributed by atoms with Crippen molar-refractivity contribution in [1.29, 1.82) is 0 Å². The molecule has 100 valence electrons. The lowest BCUT2D eigenvalue weighted by Crippen LogP contribution is -2.05. The first kappa shape index (κ1) is 13.5. The van der Waals surface area contributed by atoms with Crippen LogP contribution < -0.4 is 5.32 Å². The summed E-state index contributed by atoms with van der Waals surface area (Å²) in [5.41, 5.74) is 1.80. The Hall–Kier alpha value is -1.88. The van der Waals surface area contributed by atoms with Crippen LogP contribution in [-0.4, -0.2) is 13.1 Å². The Labute approximate surface area is 115 Å². The van der Waals surface area contributed by atoms with Crippen LogP contribution in [-0.2, 0) is 11.3 Å². The van der Waals surface area contributed by atoms with Crippen molar-refractivity contribution in [2.75, 3.05) is 12.4 Å². The predicted octanol–water partition coefficient (Wildman–Crippen LogP) is 3.59. The Balaban J connectivity index is 2.15. The number of aryl methyl sites for hydroxylation is 1. The quantitative estimate of drug-likeness (QED) is 0.869. The minimum absolute atomic E-state index is 0.302. The number of thiophene rings is 1. The normalized spacial score (nSPS) is 10.3. The molecule has 1 aromatic carbocycles. The molecule has 0 amide bonds. The van der Waals surface area contributed by atoms with Gasteiger partial charge in [0.15, 0.2) is 0 Å². The molecule has 0 spiro atoms. The highest BCUT2D eigenvalue weighted by Crippen LogP contribution is 2.21. The fraction of sp³-hybridized carbons (Fsp3) is 0.214. The highest BCUT2D eigenvalue weighted by molar-refractivity contribution is 7.10. The molecule has 19 heavy (non-hydrogen) atoms. The van der Waals surface area contributed by atoms with E-state index in [0.717, 1.165) is 4.88 Å². The van der Waals surface area contributed by atoms with Gasteiger partial charge in [-0.1, -0.05) is 0 Å². The first-order valence-corrected chi connectivity index (χ1v) is 6.64. The zero-order chi connectivity index (χ0) is 13.8.